The second-order valence-corrected chi connectivity index (χ2v) is 5.06. The summed E-state index contributed by atoms with van der Waals surface area (Å²) in [5.41, 5.74) is 6.29. The van der Waals surface area contributed by atoms with E-state index in [1.54, 1.807) is 12.1 Å². The first-order chi connectivity index (χ1) is 11.2. The van der Waals surface area contributed by atoms with Gasteiger partial charge in [0.25, 0.3) is 0 Å². The molecule has 2 aromatic rings. The molecule has 0 radical (unpaired) electrons. The zero-order chi connectivity index (χ0) is 16.1. The Kier molecular flexibility index (Phi) is 4.63. The molecule has 0 saturated carbocycles. The summed E-state index contributed by atoms with van der Waals surface area (Å²) < 4.78 is 16.2. The van der Waals surface area contributed by atoms with E-state index in [4.69, 9.17) is 19.9 Å². The molecule has 6 nitrogen and oxygen atoms in total. The lowest BCUT2D eigenvalue weighted by Crippen LogP contribution is -2.35. The Morgan fingerprint density at radius 2 is 1.96 bits per heavy atom. The molecule has 0 saturated heterocycles. The molecule has 2 aromatic carbocycles. The number of rotatable bonds is 7. The van der Waals surface area contributed by atoms with Gasteiger partial charge in [-0.15, -0.1) is 0 Å². The molecule has 3 N–H and O–H groups in total. The highest BCUT2D eigenvalue weighted by molar-refractivity contribution is 5.81. The third-order valence-electron chi connectivity index (χ3n) is 3.48. The zero-order valence-corrected chi connectivity index (χ0v) is 12.5. The van der Waals surface area contributed by atoms with E-state index in [0.717, 1.165) is 5.56 Å². The summed E-state index contributed by atoms with van der Waals surface area (Å²) >= 11 is 0. The van der Waals surface area contributed by atoms with E-state index in [-0.39, 0.29) is 6.79 Å². The number of nitrogens with one attached hydrogen (secondary N) is 1. The van der Waals surface area contributed by atoms with Gasteiger partial charge >= 0.3 is 0 Å². The average Bonchev–Trinajstić information content (AvgIpc) is 3.03. The maximum Gasteiger partial charge on any atom is 0.239 e. The molecule has 0 aliphatic carbocycles. The summed E-state index contributed by atoms with van der Waals surface area (Å²) in [6.45, 7) is 1.12. The number of carbonyl (C=O) groups is 1. The van der Waals surface area contributed by atoms with Crippen molar-refractivity contribution in [2.45, 2.75) is 6.04 Å². The predicted octanol–water partition coefficient (Wildman–Crippen LogP) is 1.61. The Morgan fingerprint density at radius 3 is 2.74 bits per heavy atom. The summed E-state index contributed by atoms with van der Waals surface area (Å²) in [6.07, 6.45) is 0. The molecule has 23 heavy (non-hydrogen) atoms. The SMILES string of the molecule is NC(=O)[C@@H](NCCOc1ccc2c(c1)OCO2)c1ccccc1. The lowest BCUT2D eigenvalue weighted by molar-refractivity contribution is -0.120. The van der Waals surface area contributed by atoms with Gasteiger partial charge in [0.05, 0.1) is 0 Å². The first-order valence-electron chi connectivity index (χ1n) is 7.34. The van der Waals surface area contributed by atoms with Gasteiger partial charge in [-0.05, 0) is 17.7 Å². The van der Waals surface area contributed by atoms with Gasteiger partial charge < -0.3 is 19.9 Å². The molecule has 120 valence electrons. The highest BCUT2D eigenvalue weighted by Crippen LogP contribution is 2.34. The van der Waals surface area contributed by atoms with Crippen LogP contribution in [0, 0.1) is 0 Å². The highest BCUT2D eigenvalue weighted by Gasteiger charge is 2.17. The van der Waals surface area contributed by atoms with Crippen molar-refractivity contribution in [1.29, 1.82) is 0 Å². The third kappa shape index (κ3) is 3.73. The van der Waals surface area contributed by atoms with Gasteiger partial charge in [-0.25, -0.2) is 0 Å². The van der Waals surface area contributed by atoms with Crippen LogP contribution in [-0.4, -0.2) is 25.9 Å². The summed E-state index contributed by atoms with van der Waals surface area (Å²) in [5, 5.41) is 3.10. The molecule has 1 heterocycles. The van der Waals surface area contributed by atoms with Crippen LogP contribution in [0.1, 0.15) is 11.6 Å². The van der Waals surface area contributed by atoms with Gasteiger partial charge in [0.2, 0.25) is 12.7 Å². The van der Waals surface area contributed by atoms with E-state index >= 15 is 0 Å². The molecule has 6 heteroatoms. The molecule has 0 fully saturated rings. The highest BCUT2D eigenvalue weighted by atomic mass is 16.7. The van der Waals surface area contributed by atoms with Crippen LogP contribution in [0.2, 0.25) is 0 Å². The summed E-state index contributed by atoms with van der Waals surface area (Å²) in [6, 6.07) is 14.2. The molecule has 0 spiro atoms. The summed E-state index contributed by atoms with van der Waals surface area (Å²) in [7, 11) is 0. The van der Waals surface area contributed by atoms with Crippen LogP contribution in [-0.2, 0) is 4.79 Å². The molecule has 3 rings (SSSR count). The number of nitrogens with two attached hydrogens (primary N) is 1. The van der Waals surface area contributed by atoms with Crippen molar-refractivity contribution in [2.24, 2.45) is 5.73 Å². The van der Waals surface area contributed by atoms with Gasteiger partial charge in [0, 0.05) is 12.6 Å². The van der Waals surface area contributed by atoms with E-state index < -0.39 is 11.9 Å². The van der Waals surface area contributed by atoms with Crippen molar-refractivity contribution < 1.29 is 19.0 Å². The van der Waals surface area contributed by atoms with Crippen molar-refractivity contribution in [1.82, 2.24) is 5.32 Å². The van der Waals surface area contributed by atoms with Crippen molar-refractivity contribution in [3.05, 3.63) is 54.1 Å². The monoisotopic (exact) mass is 314 g/mol. The minimum absolute atomic E-state index is 0.234. The third-order valence-corrected chi connectivity index (χ3v) is 3.48. The van der Waals surface area contributed by atoms with Gasteiger partial charge in [0.1, 0.15) is 18.4 Å². The Labute approximate surface area is 134 Å². The van der Waals surface area contributed by atoms with Crippen LogP contribution in [0.5, 0.6) is 17.2 Å². The second kappa shape index (κ2) is 7.02. The Bertz CT molecular complexity index is 676. The molecule has 1 amide bonds. The van der Waals surface area contributed by atoms with E-state index in [9.17, 15) is 4.79 Å². The fraction of sp³-hybridized carbons (Fsp3) is 0.235. The molecule has 0 aromatic heterocycles. The number of fused-ring (bicyclic) bond motifs is 1. The average molecular weight is 314 g/mol. The first kappa shape index (κ1) is 15.2. The Hall–Kier alpha value is -2.73. The fourth-order valence-corrected chi connectivity index (χ4v) is 2.37. The number of carbonyl (C=O) groups excluding carboxylic acids is 1. The van der Waals surface area contributed by atoms with Crippen molar-refractivity contribution in [3.63, 3.8) is 0 Å². The van der Waals surface area contributed by atoms with Crippen molar-refractivity contribution in [3.8, 4) is 17.2 Å². The van der Waals surface area contributed by atoms with E-state index in [0.29, 0.717) is 30.4 Å². The summed E-state index contributed by atoms with van der Waals surface area (Å²) in [4.78, 5) is 11.6. The van der Waals surface area contributed by atoms with Gasteiger partial charge in [-0.1, -0.05) is 30.3 Å². The maximum atomic E-state index is 11.6. The molecular formula is C17H18N2O4. The summed E-state index contributed by atoms with van der Waals surface area (Å²) in [5.74, 6) is 1.66. The quantitative estimate of drug-likeness (QED) is 0.759. The predicted molar refractivity (Wildman–Crippen MR) is 84.4 cm³/mol. The fourth-order valence-electron chi connectivity index (χ4n) is 2.37. The molecule has 0 bridgehead atoms. The number of benzene rings is 2. The molecule has 1 aliphatic heterocycles. The molecular weight excluding hydrogens is 296 g/mol. The number of hydrogen-bond donors (Lipinski definition) is 2. The smallest absolute Gasteiger partial charge is 0.239 e. The maximum absolute atomic E-state index is 11.6. The minimum Gasteiger partial charge on any atom is -0.492 e. The number of ether oxygens (including phenoxy) is 3. The van der Waals surface area contributed by atoms with Crippen LogP contribution in [0.15, 0.2) is 48.5 Å². The minimum atomic E-state index is -0.531. The molecule has 0 unspecified atom stereocenters. The van der Waals surface area contributed by atoms with Gasteiger partial charge in [-0.3, -0.25) is 10.1 Å². The van der Waals surface area contributed by atoms with Gasteiger partial charge in [0.15, 0.2) is 11.5 Å². The van der Waals surface area contributed by atoms with Crippen LogP contribution in [0.4, 0.5) is 0 Å². The van der Waals surface area contributed by atoms with Crippen LogP contribution in [0.3, 0.4) is 0 Å². The van der Waals surface area contributed by atoms with E-state index in [1.165, 1.54) is 0 Å². The van der Waals surface area contributed by atoms with Crippen LogP contribution in [0.25, 0.3) is 0 Å². The molecule has 1 atom stereocenters. The first-order valence-corrected chi connectivity index (χ1v) is 7.34. The Morgan fingerprint density at radius 1 is 1.17 bits per heavy atom. The van der Waals surface area contributed by atoms with E-state index in [1.807, 2.05) is 36.4 Å². The van der Waals surface area contributed by atoms with Crippen molar-refractivity contribution >= 4 is 5.91 Å². The van der Waals surface area contributed by atoms with Crippen LogP contribution < -0.4 is 25.3 Å². The van der Waals surface area contributed by atoms with Gasteiger partial charge in [-0.2, -0.15) is 0 Å². The normalized spacial score (nSPS) is 13.6. The lowest BCUT2D eigenvalue weighted by atomic mass is 10.1. The largest absolute Gasteiger partial charge is 0.492 e. The number of amides is 1. The van der Waals surface area contributed by atoms with E-state index in [2.05, 4.69) is 5.32 Å². The van der Waals surface area contributed by atoms with Crippen molar-refractivity contribution in [2.75, 3.05) is 19.9 Å². The topological polar surface area (TPSA) is 82.8 Å². The zero-order valence-electron chi connectivity index (χ0n) is 12.5. The number of hydrogen-bond acceptors (Lipinski definition) is 5. The van der Waals surface area contributed by atoms with Crippen LogP contribution >= 0.6 is 0 Å². The Balaban J connectivity index is 1.51. The number of primary amides is 1. The second-order valence-electron chi connectivity index (χ2n) is 5.06. The lowest BCUT2D eigenvalue weighted by Gasteiger charge is -2.16. The molecule has 1 aliphatic rings. The standard InChI is InChI=1S/C17H18N2O4/c18-17(20)16(12-4-2-1-3-5-12)19-8-9-21-13-6-7-14-15(10-13)23-11-22-14/h1-7,10,16,19H,8-9,11H2,(H2,18,20)/t16-/m0/s1.